The van der Waals surface area contributed by atoms with E-state index in [2.05, 4.69) is 5.32 Å². The Balaban J connectivity index is 1.11. The normalized spacial score (nSPS) is 35.8. The number of fused-ring (bicyclic) bond motifs is 6. The molecule has 4 atom stereocenters. The Labute approximate surface area is 188 Å². The van der Waals surface area contributed by atoms with Gasteiger partial charge in [-0.15, -0.1) is 0 Å². The summed E-state index contributed by atoms with van der Waals surface area (Å²) < 4.78 is 0. The first-order chi connectivity index (χ1) is 15.5. The van der Waals surface area contributed by atoms with Crippen LogP contribution >= 0.6 is 0 Å². The number of rotatable bonds is 3. The zero-order valence-corrected chi connectivity index (χ0v) is 18.3. The first-order valence-electron chi connectivity index (χ1n) is 12.4. The lowest BCUT2D eigenvalue weighted by Crippen LogP contribution is -2.44. The fourth-order valence-electron chi connectivity index (χ4n) is 7.43. The van der Waals surface area contributed by atoms with Crippen molar-refractivity contribution in [1.29, 1.82) is 0 Å². The van der Waals surface area contributed by atoms with Gasteiger partial charge in [-0.2, -0.15) is 0 Å². The van der Waals surface area contributed by atoms with Crippen molar-refractivity contribution in [3.05, 3.63) is 29.3 Å². The number of likely N-dealkylation sites (tertiary alicyclic amines) is 1. The van der Waals surface area contributed by atoms with E-state index in [1.54, 1.807) is 4.90 Å². The van der Waals surface area contributed by atoms with Crippen molar-refractivity contribution in [3.63, 3.8) is 0 Å². The van der Waals surface area contributed by atoms with Crippen molar-refractivity contribution in [2.75, 3.05) is 5.32 Å². The van der Waals surface area contributed by atoms with Gasteiger partial charge in [0.25, 0.3) is 0 Å². The molecule has 0 radical (unpaired) electrons. The van der Waals surface area contributed by atoms with Gasteiger partial charge in [0.15, 0.2) is 5.78 Å². The minimum absolute atomic E-state index is 0.0517. The van der Waals surface area contributed by atoms with E-state index in [4.69, 9.17) is 0 Å². The van der Waals surface area contributed by atoms with Crippen LogP contribution < -0.4 is 5.32 Å². The number of imide groups is 1. The lowest BCUT2D eigenvalue weighted by Gasteiger charge is -2.34. The maximum atomic E-state index is 13.1. The molecule has 1 aromatic rings. The number of anilines is 1. The molecule has 1 aromatic carbocycles. The van der Waals surface area contributed by atoms with Crippen molar-refractivity contribution in [2.24, 2.45) is 29.6 Å². The van der Waals surface area contributed by atoms with E-state index < -0.39 is 0 Å². The molecule has 1 heterocycles. The van der Waals surface area contributed by atoms with E-state index in [0.29, 0.717) is 55.2 Å². The fraction of sp³-hybridized carbons (Fsp3) is 0.615. The molecule has 4 fully saturated rings. The number of benzene rings is 1. The third-order valence-electron chi connectivity index (χ3n) is 8.93. The summed E-state index contributed by atoms with van der Waals surface area (Å²) in [6.45, 7) is 0. The zero-order valence-electron chi connectivity index (χ0n) is 18.3. The second-order valence-electron chi connectivity index (χ2n) is 10.5. The lowest BCUT2D eigenvalue weighted by atomic mass is 9.81. The van der Waals surface area contributed by atoms with Crippen molar-refractivity contribution >= 4 is 29.2 Å². The maximum absolute atomic E-state index is 13.1. The first-order valence-corrected chi connectivity index (χ1v) is 12.4. The van der Waals surface area contributed by atoms with Crippen LogP contribution in [0.1, 0.15) is 73.7 Å². The number of nitrogens with one attached hydrogen (secondary N) is 1. The van der Waals surface area contributed by atoms with Crippen LogP contribution in [0.25, 0.3) is 0 Å². The molecule has 6 rings (SSSR count). The number of amides is 3. The smallest absolute Gasteiger partial charge is 0.233 e. The molecule has 5 aliphatic rings. The van der Waals surface area contributed by atoms with Crippen LogP contribution in [0.4, 0.5) is 5.69 Å². The molecule has 0 unspecified atom stereocenters. The summed E-state index contributed by atoms with van der Waals surface area (Å²) in [5, 5.41) is 3.02. The van der Waals surface area contributed by atoms with Gasteiger partial charge in [0.05, 0.1) is 17.5 Å². The number of aryl methyl sites for hydroxylation is 1. The summed E-state index contributed by atoms with van der Waals surface area (Å²) >= 11 is 0. The van der Waals surface area contributed by atoms with Crippen LogP contribution in [0, 0.1) is 29.6 Å². The molecular formula is C26H30N2O4. The van der Waals surface area contributed by atoms with Crippen LogP contribution in [0.3, 0.4) is 0 Å². The van der Waals surface area contributed by atoms with Crippen LogP contribution in [0.5, 0.6) is 0 Å². The number of carbonyl (C=O) groups excluding carboxylic acids is 4. The van der Waals surface area contributed by atoms with E-state index in [-0.39, 0.29) is 47.3 Å². The molecule has 0 spiro atoms. The molecule has 0 aromatic heterocycles. The minimum atomic E-state index is -0.149. The second-order valence-corrected chi connectivity index (χ2v) is 10.5. The monoisotopic (exact) mass is 434 g/mol. The Morgan fingerprint density at radius 1 is 0.875 bits per heavy atom. The van der Waals surface area contributed by atoms with Gasteiger partial charge < -0.3 is 5.32 Å². The van der Waals surface area contributed by atoms with Gasteiger partial charge in [-0.05, 0) is 81.3 Å². The molecule has 1 N–H and O–H groups in total. The van der Waals surface area contributed by atoms with Crippen LogP contribution in [0.15, 0.2) is 18.2 Å². The Morgan fingerprint density at radius 2 is 1.56 bits per heavy atom. The lowest BCUT2D eigenvalue weighted by molar-refractivity contribution is -0.144. The highest BCUT2D eigenvalue weighted by Crippen LogP contribution is 2.56. The average Bonchev–Trinajstić information content (AvgIpc) is 3.48. The largest absolute Gasteiger partial charge is 0.325 e. The summed E-state index contributed by atoms with van der Waals surface area (Å²) in [6.07, 6.45) is 8.23. The number of carbonyl (C=O) groups is 4. The van der Waals surface area contributed by atoms with Crippen molar-refractivity contribution in [2.45, 2.75) is 70.3 Å². The number of ketones is 1. The molecule has 168 valence electrons. The van der Waals surface area contributed by atoms with Gasteiger partial charge in [0.2, 0.25) is 17.7 Å². The van der Waals surface area contributed by atoms with E-state index in [1.165, 1.54) is 0 Å². The van der Waals surface area contributed by atoms with Gasteiger partial charge in [-0.25, -0.2) is 0 Å². The van der Waals surface area contributed by atoms with Crippen LogP contribution in [0.2, 0.25) is 0 Å². The Hall–Kier alpha value is -2.50. The van der Waals surface area contributed by atoms with Gasteiger partial charge in [-0.1, -0.05) is 12.1 Å². The highest BCUT2D eigenvalue weighted by molar-refractivity contribution is 6.07. The molecule has 2 bridgehead atoms. The van der Waals surface area contributed by atoms with Crippen LogP contribution in [-0.4, -0.2) is 34.4 Å². The molecule has 3 saturated carbocycles. The summed E-state index contributed by atoms with van der Waals surface area (Å²) in [6, 6.07) is 5.63. The highest BCUT2D eigenvalue weighted by Gasteiger charge is 2.61. The molecular weight excluding hydrogens is 404 g/mol. The average molecular weight is 435 g/mol. The van der Waals surface area contributed by atoms with E-state index >= 15 is 0 Å². The maximum Gasteiger partial charge on any atom is 0.233 e. The predicted molar refractivity (Wildman–Crippen MR) is 118 cm³/mol. The summed E-state index contributed by atoms with van der Waals surface area (Å²) in [7, 11) is 0. The molecule has 1 saturated heterocycles. The number of nitrogens with zero attached hydrogens (tertiary/aromatic N) is 1. The number of Topliss-reactive ketones (excluding diaryl/α,β-unsaturated/α-hetero) is 1. The summed E-state index contributed by atoms with van der Waals surface area (Å²) in [4.78, 5) is 53.2. The van der Waals surface area contributed by atoms with Crippen molar-refractivity contribution < 1.29 is 19.2 Å². The van der Waals surface area contributed by atoms with Crippen molar-refractivity contribution in [3.8, 4) is 0 Å². The van der Waals surface area contributed by atoms with Crippen molar-refractivity contribution in [1.82, 2.24) is 4.90 Å². The Bertz CT molecular complexity index is 981. The SMILES string of the molecule is O=C1CCCc2cccc(NC(=O)C3CCC(N4C(=O)[C@@H]5[C@@H]6CC[C@@H](C6)[C@@H]5C4=O)CC3)c21. The second kappa shape index (κ2) is 7.53. The third kappa shape index (κ3) is 2.98. The van der Waals surface area contributed by atoms with E-state index in [0.717, 1.165) is 37.7 Å². The summed E-state index contributed by atoms with van der Waals surface area (Å²) in [5.41, 5.74) is 2.33. The van der Waals surface area contributed by atoms with Gasteiger partial charge in [0, 0.05) is 23.9 Å². The number of hydrogen-bond donors (Lipinski definition) is 1. The summed E-state index contributed by atoms with van der Waals surface area (Å²) in [5.74, 6) is 0.725. The molecule has 3 amide bonds. The molecule has 4 aliphatic carbocycles. The standard InChI is InChI=1S/C26H30N2O4/c29-20-6-2-4-14-3-1-5-19(21(14)20)27-24(30)15-9-11-18(12-10-15)28-25(31)22-16-7-8-17(13-16)23(22)26(28)32/h1,3,5,15-18,22-23H,2,4,6-13H2,(H,27,30)/t15?,16-,17+,18?,22-,23+. The van der Waals surface area contributed by atoms with E-state index in [1.807, 2.05) is 18.2 Å². The number of hydrogen-bond acceptors (Lipinski definition) is 4. The molecule has 6 heteroatoms. The van der Waals surface area contributed by atoms with Gasteiger partial charge in [0.1, 0.15) is 0 Å². The Morgan fingerprint density at radius 3 is 2.25 bits per heavy atom. The van der Waals surface area contributed by atoms with Crippen LogP contribution in [-0.2, 0) is 20.8 Å². The molecule has 6 nitrogen and oxygen atoms in total. The Kier molecular flexibility index (Phi) is 4.74. The molecule has 1 aliphatic heterocycles. The quantitative estimate of drug-likeness (QED) is 0.735. The van der Waals surface area contributed by atoms with Gasteiger partial charge in [-0.3, -0.25) is 24.1 Å². The fourth-order valence-corrected chi connectivity index (χ4v) is 7.43. The zero-order chi connectivity index (χ0) is 22.0. The first kappa shape index (κ1) is 20.1. The topological polar surface area (TPSA) is 83.6 Å². The van der Waals surface area contributed by atoms with Gasteiger partial charge >= 0.3 is 0 Å². The molecule has 32 heavy (non-hydrogen) atoms. The highest BCUT2D eigenvalue weighted by atomic mass is 16.2. The van der Waals surface area contributed by atoms with E-state index in [9.17, 15) is 19.2 Å². The minimum Gasteiger partial charge on any atom is -0.325 e. The third-order valence-corrected chi connectivity index (χ3v) is 8.93. The predicted octanol–water partition coefficient (Wildman–Crippen LogP) is 3.73.